The molecule has 0 aromatic carbocycles. The van der Waals surface area contributed by atoms with E-state index in [0.29, 0.717) is 19.8 Å². The highest BCUT2D eigenvalue weighted by Crippen LogP contribution is 2.39. The Labute approximate surface area is 153 Å². The SMILES string of the molecule is CCO[Si](CCCN[Si](C(C)C)(C(C)C)C(C)C)(OCC)OCC. The molecule has 1 N–H and O–H groups in total. The molecule has 0 amide bonds. The van der Waals surface area contributed by atoms with Gasteiger partial charge in [-0.05, 0) is 50.4 Å². The van der Waals surface area contributed by atoms with E-state index < -0.39 is 17.0 Å². The standard InChI is InChI=1S/C18H43NO3Si2/c1-10-20-23(21-11-2,22-12-3)15-13-14-19-24(16(4)5,17(6)7)18(8)9/h16-19H,10-15H2,1-9H3. The van der Waals surface area contributed by atoms with E-state index in [1.807, 2.05) is 20.8 Å². The normalized spacial score (nSPS) is 13.5. The number of hydrogen-bond acceptors (Lipinski definition) is 4. The lowest BCUT2D eigenvalue weighted by molar-refractivity contribution is 0.0709. The summed E-state index contributed by atoms with van der Waals surface area (Å²) >= 11 is 0. The van der Waals surface area contributed by atoms with Gasteiger partial charge in [-0.25, -0.2) is 0 Å². The Morgan fingerprint density at radius 2 is 1.08 bits per heavy atom. The topological polar surface area (TPSA) is 39.7 Å². The fourth-order valence-electron chi connectivity index (χ4n) is 4.22. The molecular weight excluding hydrogens is 334 g/mol. The van der Waals surface area contributed by atoms with Crippen LogP contribution in [-0.2, 0) is 13.3 Å². The first-order valence-electron chi connectivity index (χ1n) is 9.89. The van der Waals surface area contributed by atoms with E-state index in [2.05, 4.69) is 46.5 Å². The average molecular weight is 378 g/mol. The molecule has 0 unspecified atom stereocenters. The second kappa shape index (κ2) is 11.8. The Morgan fingerprint density at radius 1 is 0.708 bits per heavy atom. The van der Waals surface area contributed by atoms with Gasteiger partial charge in [-0.15, -0.1) is 0 Å². The molecule has 0 bridgehead atoms. The summed E-state index contributed by atoms with van der Waals surface area (Å²) in [5.41, 5.74) is 2.18. The smallest absolute Gasteiger partial charge is 0.374 e. The van der Waals surface area contributed by atoms with E-state index >= 15 is 0 Å². The van der Waals surface area contributed by atoms with Crippen LogP contribution in [0.25, 0.3) is 0 Å². The third-order valence-electron chi connectivity index (χ3n) is 5.05. The molecule has 0 spiro atoms. The first kappa shape index (κ1) is 24.3. The summed E-state index contributed by atoms with van der Waals surface area (Å²) in [4.78, 5) is 4.02. The van der Waals surface area contributed by atoms with Gasteiger partial charge in [0.15, 0.2) is 0 Å². The van der Waals surface area contributed by atoms with Gasteiger partial charge in [0.1, 0.15) is 8.24 Å². The predicted molar refractivity (Wildman–Crippen MR) is 109 cm³/mol. The molecule has 0 heterocycles. The van der Waals surface area contributed by atoms with Crippen molar-refractivity contribution in [3.05, 3.63) is 0 Å². The molecule has 0 atom stereocenters. The Hall–Kier alpha value is 0.274. The summed E-state index contributed by atoms with van der Waals surface area (Å²) < 4.78 is 17.9. The molecule has 0 aromatic rings. The molecular formula is C18H43NO3Si2. The quantitative estimate of drug-likeness (QED) is 0.334. The van der Waals surface area contributed by atoms with Gasteiger partial charge >= 0.3 is 8.80 Å². The summed E-state index contributed by atoms with van der Waals surface area (Å²) in [7, 11) is -4.03. The van der Waals surface area contributed by atoms with Crippen molar-refractivity contribution in [3.8, 4) is 0 Å². The predicted octanol–water partition coefficient (Wildman–Crippen LogP) is 5.19. The largest absolute Gasteiger partial charge is 0.500 e. The monoisotopic (exact) mass is 377 g/mol. The van der Waals surface area contributed by atoms with E-state index in [-0.39, 0.29) is 0 Å². The molecule has 0 aromatic heterocycles. The van der Waals surface area contributed by atoms with Gasteiger partial charge in [-0.3, -0.25) is 0 Å². The van der Waals surface area contributed by atoms with Crippen LogP contribution in [0.15, 0.2) is 0 Å². The third kappa shape index (κ3) is 6.54. The van der Waals surface area contributed by atoms with Crippen LogP contribution in [0.3, 0.4) is 0 Å². The van der Waals surface area contributed by atoms with Crippen molar-refractivity contribution in [1.82, 2.24) is 4.98 Å². The van der Waals surface area contributed by atoms with E-state index in [0.717, 1.165) is 35.6 Å². The summed E-state index contributed by atoms with van der Waals surface area (Å²) in [5.74, 6) is 0. The molecule has 24 heavy (non-hydrogen) atoms. The number of hydrogen-bond donors (Lipinski definition) is 1. The number of rotatable bonds is 14. The van der Waals surface area contributed by atoms with Crippen molar-refractivity contribution in [3.63, 3.8) is 0 Å². The Kier molecular flexibility index (Phi) is 11.9. The summed E-state index contributed by atoms with van der Waals surface area (Å²) in [6.45, 7) is 23.4. The minimum absolute atomic E-state index is 0.655. The zero-order valence-electron chi connectivity index (χ0n) is 17.7. The van der Waals surface area contributed by atoms with E-state index in [1.165, 1.54) is 0 Å². The molecule has 6 heteroatoms. The van der Waals surface area contributed by atoms with Crippen molar-refractivity contribution in [1.29, 1.82) is 0 Å². The van der Waals surface area contributed by atoms with Crippen molar-refractivity contribution < 1.29 is 13.3 Å². The highest BCUT2D eigenvalue weighted by atomic mass is 28.4. The highest BCUT2D eigenvalue weighted by Gasteiger charge is 2.43. The zero-order chi connectivity index (χ0) is 18.8. The summed E-state index contributed by atoms with van der Waals surface area (Å²) in [6.07, 6.45) is 1.05. The van der Waals surface area contributed by atoms with Crippen LogP contribution in [0.1, 0.15) is 68.7 Å². The molecule has 0 aliphatic heterocycles. The van der Waals surface area contributed by atoms with Crippen LogP contribution in [-0.4, -0.2) is 43.4 Å². The van der Waals surface area contributed by atoms with Crippen molar-refractivity contribution in [2.24, 2.45) is 0 Å². The average Bonchev–Trinajstić information content (AvgIpc) is 2.47. The fourth-order valence-corrected chi connectivity index (χ4v) is 12.7. The third-order valence-corrected chi connectivity index (χ3v) is 14.8. The van der Waals surface area contributed by atoms with Gasteiger partial charge in [-0.2, -0.15) is 0 Å². The second-order valence-electron chi connectivity index (χ2n) is 7.41. The van der Waals surface area contributed by atoms with Gasteiger partial charge in [0.2, 0.25) is 0 Å². The van der Waals surface area contributed by atoms with Crippen LogP contribution in [0.4, 0.5) is 0 Å². The zero-order valence-corrected chi connectivity index (χ0v) is 19.7. The maximum Gasteiger partial charge on any atom is 0.500 e. The van der Waals surface area contributed by atoms with Gasteiger partial charge in [0.25, 0.3) is 0 Å². The maximum atomic E-state index is 5.96. The Bertz CT molecular complexity index is 287. The fraction of sp³-hybridized carbons (Fsp3) is 1.00. The molecule has 0 fully saturated rings. The molecule has 0 saturated heterocycles. The van der Waals surface area contributed by atoms with Crippen LogP contribution in [0, 0.1) is 0 Å². The summed E-state index contributed by atoms with van der Waals surface area (Å²) in [5, 5.41) is 0. The van der Waals surface area contributed by atoms with E-state index in [9.17, 15) is 0 Å². The Balaban J connectivity index is 4.85. The second-order valence-corrected chi connectivity index (χ2v) is 15.8. The van der Waals surface area contributed by atoms with Crippen molar-refractivity contribution in [2.75, 3.05) is 26.4 Å². The minimum Gasteiger partial charge on any atom is -0.374 e. The first-order chi connectivity index (χ1) is 11.2. The number of nitrogens with one attached hydrogen (secondary N) is 1. The Morgan fingerprint density at radius 3 is 1.38 bits per heavy atom. The minimum atomic E-state index is -2.50. The molecule has 0 aliphatic carbocycles. The van der Waals surface area contributed by atoms with Crippen LogP contribution < -0.4 is 4.98 Å². The van der Waals surface area contributed by atoms with Gasteiger partial charge in [0, 0.05) is 25.9 Å². The lowest BCUT2D eigenvalue weighted by Crippen LogP contribution is -2.58. The van der Waals surface area contributed by atoms with Gasteiger partial charge in [-0.1, -0.05) is 41.5 Å². The summed E-state index contributed by atoms with van der Waals surface area (Å²) in [6, 6.07) is 0.897. The maximum absolute atomic E-state index is 5.96. The molecule has 0 radical (unpaired) electrons. The molecule has 0 aliphatic rings. The first-order valence-corrected chi connectivity index (χ1v) is 14.1. The highest BCUT2D eigenvalue weighted by molar-refractivity contribution is 6.81. The van der Waals surface area contributed by atoms with E-state index in [1.54, 1.807) is 0 Å². The van der Waals surface area contributed by atoms with E-state index in [4.69, 9.17) is 13.3 Å². The molecule has 0 saturated carbocycles. The van der Waals surface area contributed by atoms with Gasteiger partial charge < -0.3 is 18.3 Å². The lowest BCUT2D eigenvalue weighted by Gasteiger charge is -2.44. The lowest BCUT2D eigenvalue weighted by atomic mass is 10.5. The molecule has 0 rings (SSSR count). The molecule has 146 valence electrons. The van der Waals surface area contributed by atoms with Crippen molar-refractivity contribution >= 4 is 17.0 Å². The molecule has 4 nitrogen and oxygen atoms in total. The van der Waals surface area contributed by atoms with Crippen molar-refractivity contribution in [2.45, 2.75) is 91.4 Å². The van der Waals surface area contributed by atoms with Crippen LogP contribution in [0.2, 0.25) is 22.7 Å². The van der Waals surface area contributed by atoms with Crippen LogP contribution in [0.5, 0.6) is 0 Å². The van der Waals surface area contributed by atoms with Gasteiger partial charge in [0.05, 0.1) is 0 Å². The van der Waals surface area contributed by atoms with Crippen LogP contribution >= 0.6 is 0 Å².